The van der Waals surface area contributed by atoms with Crippen molar-refractivity contribution in [1.82, 2.24) is 9.78 Å². The van der Waals surface area contributed by atoms with Crippen molar-refractivity contribution < 1.29 is 18.8 Å². The summed E-state index contributed by atoms with van der Waals surface area (Å²) in [6.45, 7) is 10.0. The van der Waals surface area contributed by atoms with Crippen LogP contribution in [0.5, 0.6) is 0 Å². The number of aromatic nitrogens is 2. The molecule has 9 heteroatoms. The van der Waals surface area contributed by atoms with Crippen LogP contribution in [0.1, 0.15) is 92.9 Å². The van der Waals surface area contributed by atoms with E-state index in [1.807, 2.05) is 37.3 Å². The van der Waals surface area contributed by atoms with E-state index in [0.29, 0.717) is 42.6 Å². The molecule has 7 nitrogen and oxygen atoms in total. The van der Waals surface area contributed by atoms with Crippen molar-refractivity contribution in [2.75, 3.05) is 24.6 Å². The lowest BCUT2D eigenvalue weighted by molar-refractivity contribution is -0.152. The summed E-state index contributed by atoms with van der Waals surface area (Å²) in [7, 11) is -3.01. The third kappa shape index (κ3) is 6.35. The molecule has 7 rings (SSSR count). The maximum absolute atomic E-state index is 14.4. The number of fused-ring (bicyclic) bond motifs is 1. The van der Waals surface area contributed by atoms with Gasteiger partial charge in [0.2, 0.25) is 0 Å². The molecule has 0 N–H and O–H groups in total. The lowest BCUT2D eigenvalue weighted by Crippen LogP contribution is -2.69. The van der Waals surface area contributed by atoms with Crippen molar-refractivity contribution in [3.8, 4) is 0 Å². The molecule has 0 bridgehead atoms. The van der Waals surface area contributed by atoms with Gasteiger partial charge >= 0.3 is 5.97 Å². The number of esters is 1. The van der Waals surface area contributed by atoms with E-state index in [-0.39, 0.29) is 16.9 Å². The number of benzene rings is 3. The summed E-state index contributed by atoms with van der Waals surface area (Å²) in [5, 5.41) is 7.67. The maximum atomic E-state index is 14.4. The predicted octanol–water partition coefficient (Wildman–Crippen LogP) is 7.32. The van der Waals surface area contributed by atoms with Gasteiger partial charge in [-0.2, -0.15) is 4.68 Å². The monoisotopic (exact) mass is 709 g/mol. The third-order valence-corrected chi connectivity index (χ3v) is 16.2. The van der Waals surface area contributed by atoms with Gasteiger partial charge in [0.25, 0.3) is 14.2 Å². The summed E-state index contributed by atoms with van der Waals surface area (Å²) < 4.78 is 15.0. The highest BCUT2D eigenvalue weighted by Gasteiger charge is 2.54. The number of anilines is 1. The molecule has 0 spiro atoms. The lowest BCUT2D eigenvalue weighted by atomic mass is 9.92. The summed E-state index contributed by atoms with van der Waals surface area (Å²) in [6, 6.07) is 26.9. The highest BCUT2D eigenvalue weighted by molar-refractivity contribution is 6.99. The van der Waals surface area contributed by atoms with Crippen LogP contribution in [0.15, 0.2) is 78.9 Å². The van der Waals surface area contributed by atoms with E-state index in [1.165, 1.54) is 0 Å². The molecule has 0 unspecified atom stereocenters. The Labute approximate surface area is 302 Å². The van der Waals surface area contributed by atoms with E-state index in [9.17, 15) is 9.59 Å². The van der Waals surface area contributed by atoms with Crippen LogP contribution >= 0.6 is 11.6 Å². The summed E-state index contributed by atoms with van der Waals surface area (Å²) in [4.78, 5) is 30.3. The predicted molar refractivity (Wildman–Crippen MR) is 201 cm³/mol. The zero-order valence-corrected chi connectivity index (χ0v) is 31.4. The fourth-order valence-corrected chi connectivity index (χ4v) is 13.2. The first kappa shape index (κ1) is 34.7. The molecule has 2 heterocycles. The van der Waals surface area contributed by atoms with Crippen molar-refractivity contribution in [2.45, 2.75) is 89.7 Å². The number of hydrogen-bond donors (Lipinski definition) is 0. The highest BCUT2D eigenvalue weighted by atomic mass is 35.5. The second-order valence-electron chi connectivity index (χ2n) is 15.1. The van der Waals surface area contributed by atoms with Crippen LogP contribution in [0.2, 0.25) is 10.1 Å². The zero-order chi connectivity index (χ0) is 35.0. The average Bonchev–Trinajstić information content (AvgIpc) is 3.90. The molecule has 4 aromatic rings. The molecule has 2 atom stereocenters. The molecular weight excluding hydrogens is 662 g/mol. The number of rotatable bonds is 9. The molecule has 1 saturated heterocycles. The standard InChI is InChI=1S/C41H48ClN3O4Si/c1-5-48-40(47)33-25-26-44(27-36(33)49-50(41(2,3)4,29-15-8-6-9-16-29)30-17-10-7-11-18-30)38-32-19-12-13-22-35(32)45(43-38)39(46)37-31(28-23-24-28)20-14-21-34(37)42/h6-11,14-18,20-21,28,33,36H,5,12-13,19,22-27H2,1-4H3/t33-,36-/m1/s1. The Bertz CT molecular complexity index is 1810. The number of ether oxygens (including phenoxy) is 1. The minimum atomic E-state index is -3.01. The van der Waals surface area contributed by atoms with Gasteiger partial charge in [0.05, 0.1) is 34.9 Å². The number of nitrogens with zero attached hydrogens (tertiary/aromatic N) is 3. The molecular formula is C41H48ClN3O4Si. The second-order valence-corrected chi connectivity index (χ2v) is 19.7. The maximum Gasteiger partial charge on any atom is 0.311 e. The van der Waals surface area contributed by atoms with E-state index in [4.69, 9.17) is 25.9 Å². The number of hydrogen-bond acceptors (Lipinski definition) is 6. The fraction of sp³-hybridized carbons (Fsp3) is 0.439. The molecule has 0 amide bonds. The van der Waals surface area contributed by atoms with E-state index < -0.39 is 20.3 Å². The molecule has 0 radical (unpaired) electrons. The molecule has 3 aromatic carbocycles. The molecule has 50 heavy (non-hydrogen) atoms. The van der Waals surface area contributed by atoms with E-state index in [0.717, 1.165) is 71.5 Å². The van der Waals surface area contributed by atoms with Crippen molar-refractivity contribution in [1.29, 1.82) is 0 Å². The van der Waals surface area contributed by atoms with Gasteiger partial charge in [-0.05, 0) is 84.8 Å². The molecule has 2 aliphatic carbocycles. The van der Waals surface area contributed by atoms with Crippen LogP contribution in [-0.4, -0.2) is 55.8 Å². The SMILES string of the molecule is CCOC(=O)[C@@H]1CCN(c2nn(C(=O)c3c(Cl)cccc3C3CC3)c3c2CCCC3)C[C@H]1O[Si](c1ccccc1)(c1ccccc1)C(C)(C)C. The Morgan fingerprint density at radius 3 is 2.18 bits per heavy atom. The minimum Gasteiger partial charge on any atom is -0.466 e. The normalized spacial score (nSPS) is 19.6. The van der Waals surface area contributed by atoms with Gasteiger partial charge in [0, 0.05) is 18.7 Å². The Morgan fingerprint density at radius 1 is 0.900 bits per heavy atom. The van der Waals surface area contributed by atoms with Crippen LogP contribution in [0.25, 0.3) is 0 Å². The van der Waals surface area contributed by atoms with Crippen molar-refractivity contribution in [3.63, 3.8) is 0 Å². The fourth-order valence-electron chi connectivity index (χ4n) is 8.27. The van der Waals surface area contributed by atoms with Gasteiger partial charge in [-0.1, -0.05) is 105 Å². The third-order valence-electron chi connectivity index (χ3n) is 10.8. The second kappa shape index (κ2) is 14.1. The van der Waals surface area contributed by atoms with Gasteiger partial charge in [-0.25, -0.2) is 0 Å². The van der Waals surface area contributed by atoms with E-state index in [1.54, 1.807) is 4.68 Å². The summed E-state index contributed by atoms with van der Waals surface area (Å²) in [6.07, 6.45) is 5.95. The topological polar surface area (TPSA) is 73.7 Å². The van der Waals surface area contributed by atoms with Gasteiger partial charge in [-0.15, -0.1) is 5.10 Å². The highest BCUT2D eigenvalue weighted by Crippen LogP contribution is 2.44. The van der Waals surface area contributed by atoms with Crippen molar-refractivity contribution in [3.05, 3.63) is 106 Å². The molecule has 3 aliphatic rings. The zero-order valence-electron chi connectivity index (χ0n) is 29.7. The van der Waals surface area contributed by atoms with Gasteiger partial charge in [-0.3, -0.25) is 9.59 Å². The summed E-state index contributed by atoms with van der Waals surface area (Å²) in [5.41, 5.74) is 3.71. The van der Waals surface area contributed by atoms with Gasteiger partial charge in [0.1, 0.15) is 0 Å². The van der Waals surface area contributed by atoms with Crippen LogP contribution in [-0.2, 0) is 26.8 Å². The number of carbonyl (C=O) groups excluding carboxylic acids is 2. The van der Waals surface area contributed by atoms with Crippen LogP contribution in [0.3, 0.4) is 0 Å². The average molecular weight is 710 g/mol. The van der Waals surface area contributed by atoms with Gasteiger partial charge in [0.15, 0.2) is 5.82 Å². The molecule has 1 saturated carbocycles. The number of halogens is 1. The Kier molecular flexibility index (Phi) is 9.81. The largest absolute Gasteiger partial charge is 0.466 e. The minimum absolute atomic E-state index is 0.150. The van der Waals surface area contributed by atoms with Gasteiger partial charge < -0.3 is 14.1 Å². The van der Waals surface area contributed by atoms with Crippen LogP contribution in [0.4, 0.5) is 5.82 Å². The Hall–Kier alpha value is -3.72. The first-order chi connectivity index (χ1) is 24.1. The van der Waals surface area contributed by atoms with Crippen LogP contribution in [0, 0.1) is 5.92 Å². The summed E-state index contributed by atoms with van der Waals surface area (Å²) in [5.74, 6) is 0.399. The smallest absolute Gasteiger partial charge is 0.311 e. The summed E-state index contributed by atoms with van der Waals surface area (Å²) >= 11 is 6.75. The number of carbonyl (C=O) groups is 2. The van der Waals surface area contributed by atoms with E-state index >= 15 is 0 Å². The molecule has 1 aromatic heterocycles. The first-order valence-corrected chi connectivity index (χ1v) is 20.6. The Balaban J connectivity index is 1.31. The molecule has 1 aliphatic heterocycles. The van der Waals surface area contributed by atoms with Crippen molar-refractivity contribution >= 4 is 48.0 Å². The quantitative estimate of drug-likeness (QED) is 0.134. The van der Waals surface area contributed by atoms with Crippen molar-refractivity contribution in [2.24, 2.45) is 5.92 Å². The first-order valence-electron chi connectivity index (χ1n) is 18.3. The molecule has 2 fully saturated rings. The number of piperidine rings is 1. The van der Waals surface area contributed by atoms with Crippen LogP contribution < -0.4 is 15.3 Å². The Morgan fingerprint density at radius 2 is 1.56 bits per heavy atom. The lowest BCUT2D eigenvalue weighted by Gasteiger charge is -2.48. The van der Waals surface area contributed by atoms with E-state index in [2.05, 4.69) is 74.2 Å². The molecule has 262 valence electrons.